The molecule has 1 aliphatic rings. The zero-order valence-corrected chi connectivity index (χ0v) is 15.7. The average molecular weight is 404 g/mol. The van der Waals surface area contributed by atoms with Crippen LogP contribution in [0.15, 0.2) is 54.2 Å². The monoisotopic (exact) mass is 403 g/mol. The van der Waals surface area contributed by atoms with Crippen LogP contribution in [0.3, 0.4) is 0 Å². The van der Waals surface area contributed by atoms with Gasteiger partial charge >= 0.3 is 6.03 Å². The summed E-state index contributed by atoms with van der Waals surface area (Å²) in [4.78, 5) is 38.1. The number of rotatable bonds is 4. The molecule has 2 N–H and O–H groups in total. The number of anilines is 1. The molecule has 6 nitrogen and oxygen atoms in total. The van der Waals surface area contributed by atoms with Gasteiger partial charge in [0, 0.05) is 15.7 Å². The fraction of sp³-hybridized carbons (Fsp3) is 0.105. The van der Waals surface area contributed by atoms with Gasteiger partial charge in [0.05, 0.1) is 0 Å². The molecule has 1 fully saturated rings. The lowest BCUT2D eigenvalue weighted by Gasteiger charge is -2.20. The number of benzene rings is 2. The van der Waals surface area contributed by atoms with Crippen molar-refractivity contribution < 1.29 is 14.4 Å². The number of urea groups is 1. The molecule has 138 valence electrons. The SMILES string of the molecule is C[C@@H](C(=O)Nc1ccc(Cl)cc1)N1C(=O)N/C(=C\c2ccc(Cl)cc2)C1=O. The van der Waals surface area contributed by atoms with Crippen LogP contribution in [-0.4, -0.2) is 28.8 Å². The molecule has 0 saturated carbocycles. The Morgan fingerprint density at radius 2 is 1.59 bits per heavy atom. The first-order valence-corrected chi connectivity index (χ1v) is 8.79. The topological polar surface area (TPSA) is 78.5 Å². The molecule has 1 aliphatic heterocycles. The van der Waals surface area contributed by atoms with Crippen LogP contribution in [0, 0.1) is 0 Å². The number of halogens is 2. The average Bonchev–Trinajstić information content (AvgIpc) is 2.91. The van der Waals surface area contributed by atoms with E-state index in [1.165, 1.54) is 13.0 Å². The highest BCUT2D eigenvalue weighted by molar-refractivity contribution is 6.31. The van der Waals surface area contributed by atoms with Gasteiger partial charge in [0.2, 0.25) is 5.91 Å². The van der Waals surface area contributed by atoms with Crippen molar-refractivity contribution in [3.8, 4) is 0 Å². The first-order chi connectivity index (χ1) is 12.8. The number of carbonyl (C=O) groups excluding carboxylic acids is 3. The van der Waals surface area contributed by atoms with Crippen LogP contribution in [0.2, 0.25) is 10.0 Å². The maximum atomic E-state index is 12.6. The van der Waals surface area contributed by atoms with Crippen molar-refractivity contribution in [2.45, 2.75) is 13.0 Å². The summed E-state index contributed by atoms with van der Waals surface area (Å²) in [7, 11) is 0. The van der Waals surface area contributed by atoms with Crippen LogP contribution >= 0.6 is 23.2 Å². The van der Waals surface area contributed by atoms with Crippen molar-refractivity contribution >= 4 is 52.8 Å². The largest absolute Gasteiger partial charge is 0.329 e. The number of hydrogen-bond donors (Lipinski definition) is 2. The standard InChI is InChI=1S/C19H15Cl2N3O3/c1-11(17(25)22-15-8-6-14(21)7-9-15)24-18(26)16(23-19(24)27)10-12-2-4-13(20)5-3-12/h2-11H,1H3,(H,22,25)(H,23,27)/b16-10-/t11-/m0/s1. The van der Waals surface area contributed by atoms with E-state index in [4.69, 9.17) is 23.2 Å². The van der Waals surface area contributed by atoms with Gasteiger partial charge < -0.3 is 10.6 Å². The van der Waals surface area contributed by atoms with Crippen LogP contribution in [0.1, 0.15) is 12.5 Å². The van der Waals surface area contributed by atoms with Gasteiger partial charge in [-0.1, -0.05) is 35.3 Å². The van der Waals surface area contributed by atoms with Gasteiger partial charge in [-0.3, -0.25) is 9.59 Å². The number of carbonyl (C=O) groups is 3. The Labute approximate surface area is 165 Å². The quantitative estimate of drug-likeness (QED) is 0.599. The maximum Gasteiger partial charge on any atom is 0.329 e. The molecule has 2 aromatic carbocycles. The maximum absolute atomic E-state index is 12.6. The molecule has 0 radical (unpaired) electrons. The molecule has 1 heterocycles. The van der Waals surface area contributed by atoms with Gasteiger partial charge in [-0.15, -0.1) is 0 Å². The predicted octanol–water partition coefficient (Wildman–Crippen LogP) is 3.91. The van der Waals surface area contributed by atoms with Crippen molar-refractivity contribution in [2.24, 2.45) is 0 Å². The first kappa shape index (κ1) is 18.9. The molecule has 27 heavy (non-hydrogen) atoms. The van der Waals surface area contributed by atoms with Gasteiger partial charge in [0.1, 0.15) is 11.7 Å². The molecule has 1 saturated heterocycles. The van der Waals surface area contributed by atoms with Crippen LogP contribution < -0.4 is 10.6 Å². The molecule has 0 unspecified atom stereocenters. The molecular formula is C19H15Cl2N3O3. The minimum absolute atomic E-state index is 0.0912. The van der Waals surface area contributed by atoms with Crippen LogP contribution in [0.4, 0.5) is 10.5 Å². The third-order valence-corrected chi connectivity index (χ3v) is 4.47. The van der Waals surface area contributed by atoms with E-state index in [-0.39, 0.29) is 5.70 Å². The third-order valence-electron chi connectivity index (χ3n) is 3.97. The minimum Gasteiger partial charge on any atom is -0.324 e. The van der Waals surface area contributed by atoms with E-state index >= 15 is 0 Å². The Morgan fingerprint density at radius 1 is 1.04 bits per heavy atom. The predicted molar refractivity (Wildman–Crippen MR) is 104 cm³/mol. The molecule has 8 heteroatoms. The third kappa shape index (κ3) is 4.30. The summed E-state index contributed by atoms with van der Waals surface area (Å²) in [5, 5.41) is 6.24. The highest BCUT2D eigenvalue weighted by Gasteiger charge is 2.39. The van der Waals surface area contributed by atoms with Gasteiger partial charge in [0.15, 0.2) is 0 Å². The van der Waals surface area contributed by atoms with Crippen molar-refractivity contribution in [1.82, 2.24) is 10.2 Å². The summed E-state index contributed by atoms with van der Waals surface area (Å²) in [6.45, 7) is 1.48. The van der Waals surface area contributed by atoms with Crippen LogP contribution in [-0.2, 0) is 9.59 Å². The molecule has 0 aromatic heterocycles. The van der Waals surface area contributed by atoms with E-state index in [1.54, 1.807) is 48.5 Å². The van der Waals surface area contributed by atoms with E-state index in [9.17, 15) is 14.4 Å². The molecular weight excluding hydrogens is 389 g/mol. The van der Waals surface area contributed by atoms with Crippen molar-refractivity contribution in [1.29, 1.82) is 0 Å². The van der Waals surface area contributed by atoms with Crippen molar-refractivity contribution in [2.75, 3.05) is 5.32 Å². The Morgan fingerprint density at radius 3 is 2.19 bits per heavy atom. The Kier molecular flexibility index (Phi) is 5.48. The smallest absolute Gasteiger partial charge is 0.324 e. The normalized spacial score (nSPS) is 16.4. The fourth-order valence-electron chi connectivity index (χ4n) is 2.52. The summed E-state index contributed by atoms with van der Waals surface area (Å²) in [6.07, 6.45) is 1.53. The summed E-state index contributed by atoms with van der Waals surface area (Å²) < 4.78 is 0. The van der Waals surface area contributed by atoms with Crippen molar-refractivity contribution in [3.05, 3.63) is 69.8 Å². The number of nitrogens with zero attached hydrogens (tertiary/aromatic N) is 1. The second kappa shape index (κ2) is 7.82. The van der Waals surface area contributed by atoms with E-state index < -0.39 is 23.9 Å². The summed E-state index contributed by atoms with van der Waals surface area (Å²) in [5.74, 6) is -1.07. The molecule has 1 atom stereocenters. The lowest BCUT2D eigenvalue weighted by Crippen LogP contribution is -2.45. The Balaban J connectivity index is 1.74. The lowest BCUT2D eigenvalue weighted by atomic mass is 10.2. The molecule has 2 aromatic rings. The lowest BCUT2D eigenvalue weighted by molar-refractivity contribution is -0.130. The fourth-order valence-corrected chi connectivity index (χ4v) is 2.78. The van der Waals surface area contributed by atoms with Gasteiger partial charge in [-0.25, -0.2) is 9.69 Å². The second-order valence-corrected chi connectivity index (χ2v) is 6.76. The molecule has 4 amide bonds. The van der Waals surface area contributed by atoms with Gasteiger partial charge in [0.25, 0.3) is 5.91 Å². The van der Waals surface area contributed by atoms with Gasteiger partial charge in [-0.05, 0) is 55.0 Å². The number of nitrogens with one attached hydrogen (secondary N) is 2. The zero-order chi connectivity index (χ0) is 19.6. The van der Waals surface area contributed by atoms with Crippen LogP contribution in [0.25, 0.3) is 6.08 Å². The van der Waals surface area contributed by atoms with E-state index in [0.29, 0.717) is 21.3 Å². The molecule has 3 rings (SSSR count). The highest BCUT2D eigenvalue weighted by Crippen LogP contribution is 2.19. The highest BCUT2D eigenvalue weighted by atomic mass is 35.5. The summed E-state index contributed by atoms with van der Waals surface area (Å²) in [5.41, 5.74) is 1.30. The van der Waals surface area contributed by atoms with Gasteiger partial charge in [-0.2, -0.15) is 0 Å². The Bertz CT molecular complexity index is 924. The summed E-state index contributed by atoms with van der Waals surface area (Å²) in [6, 6.07) is 11.6. The molecule has 0 spiro atoms. The second-order valence-electron chi connectivity index (χ2n) is 5.89. The molecule has 0 bridgehead atoms. The zero-order valence-electron chi connectivity index (χ0n) is 14.2. The first-order valence-electron chi connectivity index (χ1n) is 8.03. The number of hydrogen-bond acceptors (Lipinski definition) is 3. The van der Waals surface area contributed by atoms with Crippen LogP contribution in [0.5, 0.6) is 0 Å². The van der Waals surface area contributed by atoms with Crippen molar-refractivity contribution in [3.63, 3.8) is 0 Å². The van der Waals surface area contributed by atoms with E-state index in [0.717, 1.165) is 4.90 Å². The number of imide groups is 1. The minimum atomic E-state index is -0.996. The molecule has 0 aliphatic carbocycles. The van der Waals surface area contributed by atoms with E-state index in [1.807, 2.05) is 0 Å². The Hall–Kier alpha value is -2.83. The van der Waals surface area contributed by atoms with E-state index in [2.05, 4.69) is 10.6 Å². The number of amides is 4. The summed E-state index contributed by atoms with van der Waals surface area (Å²) >= 11 is 11.6.